The summed E-state index contributed by atoms with van der Waals surface area (Å²) in [4.78, 5) is 130. The predicted octanol–water partition coefficient (Wildman–Crippen LogP) is 4.98. The number of nitrogens with two attached hydrogens (primary N) is 3. The van der Waals surface area contributed by atoms with Gasteiger partial charge in [0.05, 0.1) is 19.3 Å². The molecule has 4 unspecified atom stereocenters. The molecule has 2 aliphatic rings. The van der Waals surface area contributed by atoms with Gasteiger partial charge in [-0.15, -0.1) is 0 Å². The number of nitrogens with zero attached hydrogens (tertiary/aromatic N) is 3. The van der Waals surface area contributed by atoms with E-state index in [9.17, 15) is 71.3 Å². The van der Waals surface area contributed by atoms with Gasteiger partial charge >= 0.3 is 12.0 Å². The van der Waals surface area contributed by atoms with E-state index < -0.39 is 95.4 Å². The molecule has 27 heteroatoms. The van der Waals surface area contributed by atoms with E-state index in [0.717, 1.165) is 28.7 Å². The second kappa shape index (κ2) is 43.3. The number of aromatic nitrogens is 1. The molecule has 0 saturated heterocycles. The topological polar surface area (TPSA) is 378 Å². The number of benzene rings is 2. The van der Waals surface area contributed by atoms with E-state index in [-0.39, 0.29) is 75.0 Å². The number of carboxylic acid groups (broad SMARTS) is 1. The highest BCUT2D eigenvalue weighted by atomic mass is 19.1. The first-order chi connectivity index (χ1) is 42.8. The molecule has 13 N–H and O–H groups in total. The van der Waals surface area contributed by atoms with Gasteiger partial charge in [-0.05, 0) is 92.5 Å². The Kier molecular flexibility index (Phi) is 38.2. The number of aliphatic hydroxyl groups is 1. The Hall–Kier alpha value is -8.46. The number of amides is 10. The first-order valence-corrected chi connectivity index (χ1v) is 30.0. The van der Waals surface area contributed by atoms with Gasteiger partial charge in [-0.1, -0.05) is 103 Å². The molecule has 2 aromatic carbocycles. The van der Waals surface area contributed by atoms with Gasteiger partial charge in [-0.2, -0.15) is 0 Å². The fraction of sp³-hybridized carbons (Fsp3) is 0.540. The Morgan fingerprint density at radius 2 is 1.37 bits per heavy atom. The van der Waals surface area contributed by atoms with Crippen molar-refractivity contribution in [1.29, 1.82) is 0 Å². The molecule has 3 aromatic rings. The average molecular weight is 1270 g/mol. The molecule has 5 atom stereocenters. The second-order valence-corrected chi connectivity index (χ2v) is 22.7. The van der Waals surface area contributed by atoms with Gasteiger partial charge < -0.3 is 68.3 Å². The van der Waals surface area contributed by atoms with E-state index in [1.807, 2.05) is 62.5 Å². The van der Waals surface area contributed by atoms with E-state index in [1.165, 1.54) is 49.2 Å². The highest BCUT2D eigenvalue weighted by molar-refractivity contribution is 6.12. The van der Waals surface area contributed by atoms with Crippen molar-refractivity contribution < 1.29 is 76.1 Å². The van der Waals surface area contributed by atoms with Gasteiger partial charge in [0.1, 0.15) is 43.2 Å². The van der Waals surface area contributed by atoms with Gasteiger partial charge in [0.25, 0.3) is 11.8 Å². The van der Waals surface area contributed by atoms with Crippen LogP contribution in [0, 0.1) is 23.0 Å². The number of primary amides is 2. The number of carboxylic acids is 1. The number of aliphatic hydroxyl groups excluding tert-OH is 1. The van der Waals surface area contributed by atoms with Crippen LogP contribution < -0.4 is 43.8 Å². The van der Waals surface area contributed by atoms with Crippen LogP contribution in [0.2, 0.25) is 0 Å². The summed E-state index contributed by atoms with van der Waals surface area (Å²) in [5.74, 6) is -6.51. The number of unbranched alkanes of at least 4 members (excludes halogenated alkanes) is 3. The summed E-state index contributed by atoms with van der Waals surface area (Å²) >= 11 is 0. The number of hydrogen-bond acceptors (Lipinski definition) is 13. The van der Waals surface area contributed by atoms with Crippen LogP contribution in [0.4, 0.5) is 18.0 Å². The molecule has 0 bridgehead atoms. The molecule has 1 saturated carbocycles. The lowest BCUT2D eigenvalue weighted by molar-refractivity contribution is -0.142. The smallest absolute Gasteiger partial charge is 0.326 e. The molecule has 24 nitrogen and oxygen atoms in total. The Labute approximate surface area is 525 Å². The maximum absolute atomic E-state index is 14.8. The zero-order chi connectivity index (χ0) is 67.9. The number of rotatable bonds is 33. The number of halogens is 3. The summed E-state index contributed by atoms with van der Waals surface area (Å²) < 4.78 is 40.2. The van der Waals surface area contributed by atoms with Crippen molar-refractivity contribution >= 4 is 66.5 Å². The Morgan fingerprint density at radius 1 is 0.767 bits per heavy atom. The SMILES string of the molecule is C1CCCC1.C=O.CC(C)(C)C(c1cc(-c2cc(F)ccc2F)cn1Cc1ccccc1)N(CCC(N)C(N)=O)C(=O)CO.CC(C)[C@H](NC(=O)CCCCCN1C(=O)C=CC1=O)C(=O)NC(CCCNC(N)=O)C(=O)NC(CCCCNC=O)C(=O)O.CF. The number of hydrogen-bond donors (Lipinski definition) is 10. The van der Waals surface area contributed by atoms with Crippen molar-refractivity contribution in [2.45, 2.75) is 168 Å². The fourth-order valence-electron chi connectivity index (χ4n) is 9.78. The normalized spacial score (nSPS) is 14.0. The number of urea groups is 1. The quantitative estimate of drug-likeness (QED) is 0.0219. The van der Waals surface area contributed by atoms with Crippen LogP contribution in [-0.4, -0.2) is 155 Å². The van der Waals surface area contributed by atoms with Crippen molar-refractivity contribution in [1.82, 2.24) is 41.0 Å². The van der Waals surface area contributed by atoms with Gasteiger partial charge in [0.2, 0.25) is 35.9 Å². The van der Waals surface area contributed by atoms with Crippen LogP contribution in [0.15, 0.2) is 72.9 Å². The molecule has 90 heavy (non-hydrogen) atoms. The molecule has 1 aliphatic carbocycles. The monoisotopic (exact) mass is 1270 g/mol. The Morgan fingerprint density at radius 3 is 1.91 bits per heavy atom. The molecule has 1 aliphatic heterocycles. The number of carbonyl (C=O) groups excluding carboxylic acids is 10. The predicted molar refractivity (Wildman–Crippen MR) is 333 cm³/mol. The van der Waals surface area contributed by atoms with Crippen molar-refractivity contribution in [3.8, 4) is 11.1 Å². The minimum absolute atomic E-state index is 0.0454. The summed E-state index contributed by atoms with van der Waals surface area (Å²) in [5.41, 5.74) is 17.8. The second-order valence-electron chi connectivity index (χ2n) is 22.7. The molecule has 1 fully saturated rings. The van der Waals surface area contributed by atoms with Crippen LogP contribution >= 0.6 is 0 Å². The van der Waals surface area contributed by atoms with Crippen molar-refractivity contribution in [2.24, 2.45) is 28.5 Å². The van der Waals surface area contributed by atoms with Crippen LogP contribution in [0.1, 0.15) is 148 Å². The number of aliphatic carboxylic acids is 1. The summed E-state index contributed by atoms with van der Waals surface area (Å²) in [6.07, 6.45) is 15.2. The van der Waals surface area contributed by atoms with Crippen molar-refractivity contribution in [3.63, 3.8) is 0 Å². The van der Waals surface area contributed by atoms with Crippen molar-refractivity contribution in [2.75, 3.05) is 40.0 Å². The first-order valence-electron chi connectivity index (χ1n) is 30.0. The van der Waals surface area contributed by atoms with E-state index in [0.29, 0.717) is 70.0 Å². The highest BCUT2D eigenvalue weighted by Gasteiger charge is 2.38. The molecule has 10 amide bonds. The van der Waals surface area contributed by atoms with Crippen LogP contribution in [-0.2, 0) is 54.5 Å². The molecule has 1 aromatic heterocycles. The summed E-state index contributed by atoms with van der Waals surface area (Å²) in [5, 5.41) is 32.0. The van der Waals surface area contributed by atoms with E-state index in [2.05, 4.69) is 26.6 Å². The molecule has 0 radical (unpaired) electrons. The number of nitrogens with one attached hydrogen (secondary N) is 5. The third-order valence-electron chi connectivity index (χ3n) is 14.3. The lowest BCUT2D eigenvalue weighted by Crippen LogP contribution is -2.57. The van der Waals surface area contributed by atoms with Gasteiger partial charge in [-0.3, -0.25) is 47.6 Å². The maximum atomic E-state index is 14.8. The van der Waals surface area contributed by atoms with E-state index >= 15 is 0 Å². The largest absolute Gasteiger partial charge is 0.480 e. The van der Waals surface area contributed by atoms with Gasteiger partial charge in [0.15, 0.2) is 0 Å². The first kappa shape index (κ1) is 79.6. The molecule has 0 spiro atoms. The summed E-state index contributed by atoms with van der Waals surface area (Å²) in [6.45, 7) is 11.7. The minimum atomic E-state index is -1.26. The number of imide groups is 1. The maximum Gasteiger partial charge on any atom is 0.326 e. The minimum Gasteiger partial charge on any atom is -0.480 e. The number of alkyl halides is 1. The third kappa shape index (κ3) is 29.2. The van der Waals surface area contributed by atoms with Crippen LogP contribution in [0.25, 0.3) is 11.1 Å². The standard InChI is InChI=1S/C28H34F2N4O3.C28H45N7O9.C5H10.CH3F.CH2O/c1-28(2,3)26(34(25(36)17-35)12-11-23(31)27(32)37)24-13-19(21-14-20(29)9-10-22(21)30)16-33(24)15-18-7-5-4-6-8-18;1-18(2)24(34-21(37)11-4-3-7-16-35-22(38)12-13-23(35)39)26(41)32-19(10-8-15-31-28(29)44)25(40)33-20(27(42)43)9-5-6-14-30-17-36;1-2-4-5-3-1;2*1-2/h4-10,13-14,16,23,26,35H,11-12,15,17,31H2,1-3H3,(H2,32,37);12-13,17-20,24H,3-11,14-16H2,1-2H3,(H,30,36)(H,32,41)(H,33,40)(H,34,37)(H,42,43)(H3,29,31,44);1-5H2;1H3;1H2/t;19?,20?,24-;;;/m.0.../s1. The average Bonchev–Trinajstić information content (AvgIpc) is 1.59. The zero-order valence-corrected chi connectivity index (χ0v) is 52.6. The fourth-order valence-corrected chi connectivity index (χ4v) is 9.78. The molecule has 2 heterocycles. The van der Waals surface area contributed by atoms with Crippen molar-refractivity contribution in [3.05, 3.63) is 95.8 Å². The number of carbonyl (C=O) groups is 11. The Balaban J connectivity index is 0.000000798. The Bertz CT molecular complexity index is 2750. The molecule has 5 rings (SSSR count). The molecular weight excluding hydrogens is 1180 g/mol. The third-order valence-corrected chi connectivity index (χ3v) is 14.3. The lowest BCUT2D eigenvalue weighted by Gasteiger charge is -2.41. The molecular formula is C63H94F3N11O13. The van der Waals surface area contributed by atoms with Crippen LogP contribution in [0.3, 0.4) is 0 Å². The molecule has 500 valence electrons. The zero-order valence-electron chi connectivity index (χ0n) is 52.6. The van der Waals surface area contributed by atoms with Gasteiger partial charge in [-0.25, -0.2) is 18.4 Å². The van der Waals surface area contributed by atoms with Gasteiger partial charge in [0, 0.05) is 74.3 Å². The summed E-state index contributed by atoms with van der Waals surface area (Å²) in [7, 11) is 0.500. The van der Waals surface area contributed by atoms with Crippen LogP contribution in [0.5, 0.6) is 0 Å². The van der Waals surface area contributed by atoms with E-state index in [4.69, 9.17) is 22.0 Å². The lowest BCUT2D eigenvalue weighted by atomic mass is 9.82. The van der Waals surface area contributed by atoms with E-state index in [1.54, 1.807) is 26.1 Å². The summed E-state index contributed by atoms with van der Waals surface area (Å²) in [6, 6.07) is 8.86. The highest BCUT2D eigenvalue weighted by Crippen LogP contribution is 2.41.